The fourth-order valence-electron chi connectivity index (χ4n) is 10.8. The monoisotopic (exact) mass is 1000 g/mol. The summed E-state index contributed by atoms with van der Waals surface area (Å²) in [6.45, 7) is 5.26. The standard InChI is InChI=1S/C51H52F2N10O8S/c52-32-13-18-61(29-32)72(68,69)57-45-10-8-43(53)48(42(45)27-54)71-38-6-9-44-41(26-38)51(67)63(30-55-44)34-3-1-33(2-4-34)59-19-21-60(22-20-59)36-24-39(25-36)70-37-14-16-58(17-15-37)35-5-7-40-31(23-35)28-62(50(40)66)46-11-12-47(64)56-49(46)65/h1-10,23,26,30,32,36-37,39,46,57H,11-22,24-25,28-29H2,(H,56,64,65)/t32-,36?,39?,46?/m1/s1. The lowest BCUT2D eigenvalue weighted by molar-refractivity contribution is -0.136. The van der Waals surface area contributed by atoms with Gasteiger partial charge in [0.25, 0.3) is 11.5 Å². The highest BCUT2D eigenvalue weighted by molar-refractivity contribution is 7.90. The molecule has 5 fully saturated rings. The van der Waals surface area contributed by atoms with Crippen LogP contribution in [0.3, 0.4) is 0 Å². The Kier molecular flexibility index (Phi) is 12.6. The van der Waals surface area contributed by atoms with Gasteiger partial charge in [0.2, 0.25) is 11.8 Å². The predicted octanol–water partition coefficient (Wildman–Crippen LogP) is 4.99. The van der Waals surface area contributed by atoms with Crippen LogP contribution in [0.5, 0.6) is 11.5 Å². The normalized spacial score (nSPS) is 23.2. The number of carbonyl (C=O) groups is 3. The average molecular weight is 1000 g/mol. The molecule has 11 rings (SSSR count). The second-order valence-corrected chi connectivity index (χ2v) is 21.0. The summed E-state index contributed by atoms with van der Waals surface area (Å²) in [7, 11) is -4.24. The van der Waals surface area contributed by atoms with Crippen LogP contribution in [0.25, 0.3) is 16.6 Å². The van der Waals surface area contributed by atoms with Crippen molar-refractivity contribution in [2.24, 2.45) is 0 Å². The highest BCUT2D eigenvalue weighted by Gasteiger charge is 2.41. The molecule has 72 heavy (non-hydrogen) atoms. The fourth-order valence-corrected chi connectivity index (χ4v) is 12.1. The number of nitrogens with zero attached hydrogens (tertiary/aromatic N) is 8. The van der Waals surface area contributed by atoms with Gasteiger partial charge in [-0.1, -0.05) is 0 Å². The maximum absolute atomic E-state index is 15.2. The number of hydrogen-bond donors (Lipinski definition) is 2. The summed E-state index contributed by atoms with van der Waals surface area (Å²) in [6.07, 6.45) is 5.05. The lowest BCUT2D eigenvalue weighted by Crippen LogP contribution is -2.56. The number of fused-ring (bicyclic) bond motifs is 2. The van der Waals surface area contributed by atoms with Crippen molar-refractivity contribution in [1.82, 2.24) is 29.0 Å². The second-order valence-electron chi connectivity index (χ2n) is 19.3. The largest absolute Gasteiger partial charge is 0.453 e. The van der Waals surface area contributed by atoms with Crippen molar-refractivity contribution < 1.29 is 41.1 Å². The van der Waals surface area contributed by atoms with Crippen LogP contribution in [-0.4, -0.2) is 133 Å². The number of piperidine rings is 2. The Bertz CT molecular complexity index is 3190. The van der Waals surface area contributed by atoms with Gasteiger partial charge in [-0.05, 0) is 117 Å². The molecule has 3 amide bonds. The number of rotatable bonds is 12. The van der Waals surface area contributed by atoms with Gasteiger partial charge in [-0.15, -0.1) is 0 Å². The highest BCUT2D eigenvalue weighted by Crippen LogP contribution is 2.37. The molecule has 1 aliphatic carbocycles. The zero-order chi connectivity index (χ0) is 49.8. The molecule has 1 aromatic heterocycles. The maximum atomic E-state index is 15.2. The van der Waals surface area contributed by atoms with Gasteiger partial charge in [-0.25, -0.2) is 13.8 Å². The van der Waals surface area contributed by atoms with Crippen LogP contribution >= 0.6 is 0 Å². The van der Waals surface area contributed by atoms with E-state index in [-0.39, 0.29) is 66.8 Å². The number of halogens is 2. The molecule has 5 aromatic rings. The van der Waals surface area contributed by atoms with Crippen LogP contribution in [0, 0.1) is 17.1 Å². The first kappa shape index (κ1) is 47.3. The van der Waals surface area contributed by atoms with Gasteiger partial charge >= 0.3 is 10.2 Å². The molecule has 5 aliphatic heterocycles. The highest BCUT2D eigenvalue weighted by atomic mass is 32.2. The minimum Gasteiger partial charge on any atom is -0.453 e. The number of aromatic nitrogens is 2. The summed E-state index contributed by atoms with van der Waals surface area (Å²) in [5, 5.41) is 12.5. The zero-order valence-corrected chi connectivity index (χ0v) is 40.0. The van der Waals surface area contributed by atoms with Crippen molar-refractivity contribution in [3.05, 3.63) is 112 Å². The zero-order valence-electron chi connectivity index (χ0n) is 39.2. The summed E-state index contributed by atoms with van der Waals surface area (Å²) in [5.41, 5.74) is 3.50. The summed E-state index contributed by atoms with van der Waals surface area (Å²) in [5.74, 6) is -2.33. The molecular formula is C51H52F2N10O8S. The molecule has 4 aromatic carbocycles. The van der Waals surface area contributed by atoms with E-state index in [1.54, 1.807) is 11.0 Å². The van der Waals surface area contributed by atoms with Crippen molar-refractivity contribution in [1.29, 1.82) is 5.26 Å². The Balaban J connectivity index is 0.653. The first-order chi connectivity index (χ1) is 34.8. The third-order valence-electron chi connectivity index (χ3n) is 14.9. The molecule has 21 heteroatoms. The molecule has 18 nitrogen and oxygen atoms in total. The van der Waals surface area contributed by atoms with E-state index >= 15 is 4.39 Å². The first-order valence-corrected chi connectivity index (χ1v) is 25.8. The van der Waals surface area contributed by atoms with Crippen molar-refractivity contribution in [2.75, 3.05) is 66.9 Å². The van der Waals surface area contributed by atoms with E-state index in [0.717, 1.165) is 98.3 Å². The van der Waals surface area contributed by atoms with Gasteiger partial charge in [0.15, 0.2) is 11.6 Å². The summed E-state index contributed by atoms with van der Waals surface area (Å²) >= 11 is 0. The number of piperazine rings is 1. The maximum Gasteiger partial charge on any atom is 0.301 e. The number of imide groups is 1. The molecule has 2 atom stereocenters. The summed E-state index contributed by atoms with van der Waals surface area (Å²) in [4.78, 5) is 64.5. The van der Waals surface area contributed by atoms with Crippen LogP contribution < -0.4 is 30.1 Å². The number of amides is 3. The van der Waals surface area contributed by atoms with Gasteiger partial charge in [0.05, 0.1) is 34.5 Å². The van der Waals surface area contributed by atoms with Crippen LogP contribution in [0.2, 0.25) is 0 Å². The number of nitriles is 1. The van der Waals surface area contributed by atoms with E-state index in [1.165, 1.54) is 29.1 Å². The van der Waals surface area contributed by atoms with Crippen molar-refractivity contribution in [3.8, 4) is 23.3 Å². The molecular weight excluding hydrogens is 951 g/mol. The van der Waals surface area contributed by atoms with E-state index in [2.05, 4.69) is 35.8 Å². The smallest absolute Gasteiger partial charge is 0.301 e. The van der Waals surface area contributed by atoms with Gasteiger partial charge in [-0.2, -0.15) is 18.0 Å². The van der Waals surface area contributed by atoms with Crippen molar-refractivity contribution >= 4 is 55.9 Å². The van der Waals surface area contributed by atoms with E-state index in [0.29, 0.717) is 35.8 Å². The molecule has 1 saturated carbocycles. The van der Waals surface area contributed by atoms with Crippen LogP contribution in [0.15, 0.2) is 83.9 Å². The third kappa shape index (κ3) is 9.23. The summed E-state index contributed by atoms with van der Waals surface area (Å²) < 4.78 is 71.8. The SMILES string of the molecule is N#Cc1c(NS(=O)(=O)N2CC[C@@H](F)C2)ccc(F)c1Oc1ccc2ncn(-c3ccc(N4CCN(C5CC(OC6CCN(c7ccc8c(c7)CN(C7CCC(=O)NC7=O)C8=O)CC6)C5)CC4)cc3)c(=O)c2c1. The van der Waals surface area contributed by atoms with Crippen LogP contribution in [0.1, 0.15) is 66.4 Å². The Morgan fingerprint density at radius 3 is 2.26 bits per heavy atom. The van der Waals surface area contributed by atoms with Crippen molar-refractivity contribution in [2.45, 2.75) is 82.0 Å². The number of anilines is 3. The minimum absolute atomic E-state index is 0.0173. The number of hydrogen-bond acceptors (Lipinski definition) is 13. The molecule has 6 aliphatic rings. The fraction of sp³-hybridized carbons (Fsp3) is 0.412. The Labute approximate surface area is 413 Å². The molecule has 4 saturated heterocycles. The van der Waals surface area contributed by atoms with Crippen LogP contribution in [0.4, 0.5) is 25.8 Å². The summed E-state index contributed by atoms with van der Waals surface area (Å²) in [6, 6.07) is 21.7. The number of ether oxygens (including phenoxy) is 2. The van der Waals surface area contributed by atoms with Gasteiger partial charge < -0.3 is 24.2 Å². The topological polar surface area (TPSA) is 203 Å². The van der Waals surface area contributed by atoms with Gasteiger partial charge in [0.1, 0.15) is 35.9 Å². The number of nitrogens with one attached hydrogen (secondary N) is 2. The lowest BCUT2D eigenvalue weighted by Gasteiger charge is -2.47. The molecule has 0 bridgehead atoms. The van der Waals surface area contributed by atoms with Crippen molar-refractivity contribution in [3.63, 3.8) is 0 Å². The molecule has 0 radical (unpaired) electrons. The Morgan fingerprint density at radius 2 is 1.54 bits per heavy atom. The predicted molar refractivity (Wildman–Crippen MR) is 262 cm³/mol. The molecule has 0 spiro atoms. The van der Waals surface area contributed by atoms with E-state index < -0.39 is 51.0 Å². The minimum atomic E-state index is -4.24. The Hall–Kier alpha value is -6.99. The molecule has 1 unspecified atom stereocenters. The van der Waals surface area contributed by atoms with Crippen LogP contribution in [-0.2, 0) is 31.1 Å². The molecule has 6 heterocycles. The second kappa shape index (κ2) is 19.2. The van der Waals surface area contributed by atoms with E-state index in [1.807, 2.05) is 36.4 Å². The van der Waals surface area contributed by atoms with Gasteiger partial charge in [0, 0.05) is 88.3 Å². The average Bonchev–Trinajstić information content (AvgIpc) is 3.96. The number of alkyl halides is 1. The quantitative estimate of drug-likeness (QED) is 0.159. The first-order valence-electron chi connectivity index (χ1n) is 24.4. The lowest BCUT2D eigenvalue weighted by atomic mass is 9.87. The third-order valence-corrected chi connectivity index (χ3v) is 16.4. The molecule has 374 valence electrons. The molecule has 2 N–H and O–H groups in total. The Morgan fingerprint density at radius 1 is 0.806 bits per heavy atom. The van der Waals surface area contributed by atoms with Gasteiger partial charge in [-0.3, -0.25) is 38.7 Å². The number of benzene rings is 4. The van der Waals surface area contributed by atoms with E-state index in [9.17, 15) is 37.2 Å². The van der Waals surface area contributed by atoms with E-state index in [4.69, 9.17) is 9.47 Å². The number of carbonyl (C=O) groups excluding carboxylic acids is 3.